The molecule has 7 heteroatoms. The number of ether oxygens (including phenoxy) is 1. The molecule has 0 aromatic carbocycles. The second-order valence-electron chi connectivity index (χ2n) is 5.11. The Kier molecular flexibility index (Phi) is 8.76. The molecule has 0 amide bonds. The van der Waals surface area contributed by atoms with Crippen LogP contribution in [0.1, 0.15) is 27.2 Å². The molecular formula is C12H29N3O3S. The lowest BCUT2D eigenvalue weighted by molar-refractivity contribution is 0.146. The number of nitrogens with zero attached hydrogens (tertiary/aromatic N) is 2. The molecule has 1 unspecified atom stereocenters. The van der Waals surface area contributed by atoms with Gasteiger partial charge in [0.05, 0.1) is 6.61 Å². The molecule has 0 aromatic heterocycles. The average molecular weight is 295 g/mol. The Bertz CT molecular complexity index is 333. The molecule has 19 heavy (non-hydrogen) atoms. The van der Waals surface area contributed by atoms with Crippen LogP contribution in [0.4, 0.5) is 0 Å². The van der Waals surface area contributed by atoms with Crippen LogP contribution in [0, 0.1) is 0 Å². The summed E-state index contributed by atoms with van der Waals surface area (Å²) in [6.07, 6.45) is 0.792. The van der Waals surface area contributed by atoms with Crippen molar-refractivity contribution >= 4 is 10.2 Å². The highest BCUT2D eigenvalue weighted by Gasteiger charge is 2.27. The Labute approximate surface area is 118 Å². The van der Waals surface area contributed by atoms with Crippen molar-refractivity contribution in [1.82, 2.24) is 13.9 Å². The second-order valence-corrected chi connectivity index (χ2v) is 7.21. The highest BCUT2D eigenvalue weighted by molar-refractivity contribution is 7.86. The maximum atomic E-state index is 12.3. The van der Waals surface area contributed by atoms with Gasteiger partial charge in [0.2, 0.25) is 0 Å². The first-order valence-corrected chi connectivity index (χ1v) is 8.04. The van der Waals surface area contributed by atoms with Crippen LogP contribution in [0.3, 0.4) is 0 Å². The van der Waals surface area contributed by atoms with Gasteiger partial charge in [0.25, 0.3) is 10.2 Å². The summed E-state index contributed by atoms with van der Waals surface area (Å²) >= 11 is 0. The fraction of sp³-hybridized carbons (Fsp3) is 1.00. The Hall–Kier alpha value is -0.210. The molecule has 0 aliphatic heterocycles. The SMILES string of the molecule is COCC(C)N(C)S(=O)(=O)N(C)CCCNC(C)C. The molecule has 1 N–H and O–H groups in total. The van der Waals surface area contributed by atoms with E-state index in [1.54, 1.807) is 21.2 Å². The Morgan fingerprint density at radius 3 is 2.26 bits per heavy atom. The van der Waals surface area contributed by atoms with E-state index in [4.69, 9.17) is 4.74 Å². The Morgan fingerprint density at radius 1 is 1.21 bits per heavy atom. The lowest BCUT2D eigenvalue weighted by Crippen LogP contribution is -2.46. The van der Waals surface area contributed by atoms with Crippen LogP contribution in [0.5, 0.6) is 0 Å². The quantitative estimate of drug-likeness (QED) is 0.597. The van der Waals surface area contributed by atoms with E-state index in [2.05, 4.69) is 19.2 Å². The molecule has 0 bridgehead atoms. The zero-order chi connectivity index (χ0) is 15.1. The number of hydrogen-bond donors (Lipinski definition) is 1. The van der Waals surface area contributed by atoms with E-state index < -0.39 is 10.2 Å². The molecule has 0 radical (unpaired) electrons. The highest BCUT2D eigenvalue weighted by atomic mass is 32.2. The first kappa shape index (κ1) is 18.8. The summed E-state index contributed by atoms with van der Waals surface area (Å²) in [4.78, 5) is 0. The van der Waals surface area contributed by atoms with Crippen molar-refractivity contribution in [3.05, 3.63) is 0 Å². The first-order valence-electron chi connectivity index (χ1n) is 6.65. The van der Waals surface area contributed by atoms with Crippen molar-refractivity contribution in [1.29, 1.82) is 0 Å². The van der Waals surface area contributed by atoms with Crippen LogP contribution >= 0.6 is 0 Å². The lowest BCUT2D eigenvalue weighted by Gasteiger charge is -2.28. The molecule has 0 aromatic rings. The minimum atomic E-state index is -3.40. The van der Waals surface area contributed by atoms with Gasteiger partial charge in [-0.25, -0.2) is 0 Å². The molecule has 0 aliphatic carbocycles. The molecule has 0 fully saturated rings. The number of methoxy groups -OCH3 is 1. The summed E-state index contributed by atoms with van der Waals surface area (Å²) in [7, 11) is 1.36. The molecule has 0 rings (SSSR count). The van der Waals surface area contributed by atoms with E-state index in [9.17, 15) is 8.42 Å². The number of hydrogen-bond acceptors (Lipinski definition) is 4. The standard InChI is InChI=1S/C12H29N3O3S/c1-11(2)13-8-7-9-14(4)19(16,17)15(5)12(3)10-18-6/h11-13H,7-10H2,1-6H3. The summed E-state index contributed by atoms with van der Waals surface area (Å²) in [5, 5.41) is 3.27. The molecular weight excluding hydrogens is 266 g/mol. The smallest absolute Gasteiger partial charge is 0.281 e. The molecule has 116 valence electrons. The minimum Gasteiger partial charge on any atom is -0.383 e. The van der Waals surface area contributed by atoms with E-state index in [-0.39, 0.29) is 6.04 Å². The van der Waals surface area contributed by atoms with Gasteiger partial charge in [-0.2, -0.15) is 17.0 Å². The second kappa shape index (κ2) is 8.86. The highest BCUT2D eigenvalue weighted by Crippen LogP contribution is 2.09. The first-order chi connectivity index (χ1) is 8.73. The van der Waals surface area contributed by atoms with E-state index in [0.29, 0.717) is 19.2 Å². The van der Waals surface area contributed by atoms with Gasteiger partial charge in [-0.1, -0.05) is 13.8 Å². The van der Waals surface area contributed by atoms with E-state index in [1.165, 1.54) is 8.61 Å². The van der Waals surface area contributed by atoms with Crippen LogP contribution in [-0.2, 0) is 14.9 Å². The fourth-order valence-electron chi connectivity index (χ4n) is 1.60. The van der Waals surface area contributed by atoms with E-state index in [0.717, 1.165) is 13.0 Å². The molecule has 0 heterocycles. The van der Waals surface area contributed by atoms with Crippen LogP contribution < -0.4 is 5.32 Å². The normalized spacial score (nSPS) is 14.6. The number of rotatable bonds is 10. The van der Waals surface area contributed by atoms with Gasteiger partial charge in [0.1, 0.15) is 0 Å². The Balaban J connectivity index is 4.31. The average Bonchev–Trinajstić information content (AvgIpc) is 2.33. The molecule has 1 atom stereocenters. The van der Waals surface area contributed by atoms with Crippen molar-refractivity contribution < 1.29 is 13.2 Å². The largest absolute Gasteiger partial charge is 0.383 e. The molecule has 0 saturated carbocycles. The minimum absolute atomic E-state index is 0.175. The summed E-state index contributed by atoms with van der Waals surface area (Å²) < 4.78 is 32.2. The van der Waals surface area contributed by atoms with E-state index >= 15 is 0 Å². The maximum Gasteiger partial charge on any atom is 0.281 e. The van der Waals surface area contributed by atoms with Crippen LogP contribution in [0.25, 0.3) is 0 Å². The molecule has 6 nitrogen and oxygen atoms in total. The van der Waals surface area contributed by atoms with Gasteiger partial charge < -0.3 is 10.1 Å². The van der Waals surface area contributed by atoms with Crippen molar-refractivity contribution in [3.63, 3.8) is 0 Å². The van der Waals surface area contributed by atoms with E-state index in [1.807, 2.05) is 6.92 Å². The molecule has 0 saturated heterocycles. The topological polar surface area (TPSA) is 61.9 Å². The number of nitrogens with one attached hydrogen (secondary N) is 1. The summed E-state index contributed by atoms with van der Waals surface area (Å²) in [5.74, 6) is 0. The maximum absolute atomic E-state index is 12.3. The van der Waals surface area contributed by atoms with Crippen LogP contribution in [-0.4, -0.2) is 70.0 Å². The summed E-state index contributed by atoms with van der Waals surface area (Å²) in [6, 6.07) is 0.248. The van der Waals surface area contributed by atoms with Crippen molar-refractivity contribution in [2.24, 2.45) is 0 Å². The van der Waals surface area contributed by atoms with Crippen molar-refractivity contribution in [3.8, 4) is 0 Å². The van der Waals surface area contributed by atoms with Gasteiger partial charge in [-0.15, -0.1) is 0 Å². The van der Waals surface area contributed by atoms with Gasteiger partial charge in [0, 0.05) is 39.8 Å². The number of likely N-dealkylation sites (N-methyl/N-ethyl adjacent to an activating group) is 1. The predicted molar refractivity (Wildman–Crippen MR) is 78.4 cm³/mol. The predicted octanol–water partition coefficient (Wildman–Crippen LogP) is 0.518. The van der Waals surface area contributed by atoms with Gasteiger partial charge in [-0.05, 0) is 19.9 Å². The van der Waals surface area contributed by atoms with Gasteiger partial charge in [-0.3, -0.25) is 0 Å². The molecule has 0 spiro atoms. The van der Waals surface area contributed by atoms with Crippen molar-refractivity contribution in [2.45, 2.75) is 39.3 Å². The van der Waals surface area contributed by atoms with Gasteiger partial charge >= 0.3 is 0 Å². The van der Waals surface area contributed by atoms with Gasteiger partial charge in [0.15, 0.2) is 0 Å². The Morgan fingerprint density at radius 2 is 1.79 bits per heavy atom. The fourth-order valence-corrected chi connectivity index (χ4v) is 2.92. The summed E-state index contributed by atoms with van der Waals surface area (Å²) in [6.45, 7) is 7.68. The third-order valence-electron chi connectivity index (χ3n) is 2.99. The third-order valence-corrected chi connectivity index (χ3v) is 5.05. The summed E-state index contributed by atoms with van der Waals surface area (Å²) in [5.41, 5.74) is 0. The zero-order valence-electron chi connectivity index (χ0n) is 13.0. The zero-order valence-corrected chi connectivity index (χ0v) is 13.8. The lowest BCUT2D eigenvalue weighted by atomic mass is 10.3. The van der Waals surface area contributed by atoms with Crippen LogP contribution in [0.15, 0.2) is 0 Å². The van der Waals surface area contributed by atoms with Crippen molar-refractivity contribution in [2.75, 3.05) is 40.9 Å². The third kappa shape index (κ3) is 6.67. The monoisotopic (exact) mass is 295 g/mol. The van der Waals surface area contributed by atoms with Crippen LogP contribution in [0.2, 0.25) is 0 Å². The molecule has 0 aliphatic rings.